The predicted octanol–water partition coefficient (Wildman–Crippen LogP) is 3.30. The zero-order valence-corrected chi connectivity index (χ0v) is 13.0. The van der Waals surface area contributed by atoms with Crippen LogP contribution in [0.4, 0.5) is 0 Å². The fourth-order valence-electron chi connectivity index (χ4n) is 2.35. The summed E-state index contributed by atoms with van der Waals surface area (Å²) in [6, 6.07) is 5.07. The lowest BCUT2D eigenvalue weighted by Gasteiger charge is -2.14. The maximum absolute atomic E-state index is 11.8. The topological polar surface area (TPSA) is 76.7 Å². The lowest BCUT2D eigenvalue weighted by Crippen LogP contribution is -2.23. The van der Waals surface area contributed by atoms with Crippen molar-refractivity contribution in [3.8, 4) is 5.75 Å². The highest BCUT2D eigenvalue weighted by Gasteiger charge is 2.17. The van der Waals surface area contributed by atoms with Crippen LogP contribution in [-0.2, 0) is 11.2 Å². The predicted molar refractivity (Wildman–Crippen MR) is 83.6 cm³/mol. The van der Waals surface area contributed by atoms with Gasteiger partial charge in [-0.1, -0.05) is 13.3 Å². The van der Waals surface area contributed by atoms with E-state index in [0.717, 1.165) is 30.2 Å². The molecule has 0 radical (unpaired) electrons. The molecule has 0 saturated carbocycles. The normalized spacial score (nSPS) is 12.3. The first-order chi connectivity index (χ1) is 10.4. The molecule has 118 valence electrons. The number of hydrogen-bond acceptors (Lipinski definition) is 4. The Kier molecular flexibility index (Phi) is 4.85. The number of aliphatic carboxylic acids is 1. The fraction of sp³-hybridized carbons (Fsp3) is 0.412. The Balaban J connectivity index is 2.51. The summed E-state index contributed by atoms with van der Waals surface area (Å²) >= 11 is 0. The van der Waals surface area contributed by atoms with Gasteiger partial charge in [0, 0.05) is 17.0 Å². The number of carboxylic acid groups (broad SMARTS) is 1. The van der Waals surface area contributed by atoms with Crippen molar-refractivity contribution in [3.63, 3.8) is 0 Å². The fourth-order valence-corrected chi connectivity index (χ4v) is 2.35. The Labute approximate surface area is 128 Å². The summed E-state index contributed by atoms with van der Waals surface area (Å²) < 4.78 is 10.7. The number of ether oxygens (including phenoxy) is 1. The summed E-state index contributed by atoms with van der Waals surface area (Å²) in [5.41, 5.74) is 1.66. The van der Waals surface area contributed by atoms with Gasteiger partial charge in [-0.15, -0.1) is 0 Å². The molecule has 22 heavy (non-hydrogen) atoms. The minimum atomic E-state index is -1.04. The molecule has 1 atom stereocenters. The highest BCUT2D eigenvalue weighted by atomic mass is 16.5. The van der Waals surface area contributed by atoms with E-state index in [4.69, 9.17) is 14.3 Å². The van der Waals surface area contributed by atoms with E-state index in [0.29, 0.717) is 16.9 Å². The molecule has 0 fully saturated rings. The molecule has 5 heteroatoms. The van der Waals surface area contributed by atoms with Gasteiger partial charge in [0.1, 0.15) is 11.3 Å². The molecule has 2 aromatic rings. The van der Waals surface area contributed by atoms with Gasteiger partial charge in [-0.25, -0.2) is 9.59 Å². The number of hydrogen-bond donors (Lipinski definition) is 1. The Bertz CT molecular complexity index is 745. The van der Waals surface area contributed by atoms with Gasteiger partial charge in [0.05, 0.1) is 0 Å². The first kappa shape index (κ1) is 16.1. The van der Waals surface area contributed by atoms with Crippen molar-refractivity contribution in [3.05, 3.63) is 39.7 Å². The zero-order chi connectivity index (χ0) is 16.3. The molecular formula is C17H20O5. The van der Waals surface area contributed by atoms with Crippen LogP contribution in [0, 0.1) is 6.92 Å². The van der Waals surface area contributed by atoms with Crippen LogP contribution in [0.5, 0.6) is 5.75 Å². The molecule has 0 saturated heterocycles. The molecule has 0 aliphatic rings. The Morgan fingerprint density at radius 2 is 2.14 bits per heavy atom. The standard InChI is InChI=1S/C17H20O5/c1-4-5-6-12-9-15(18)22-16-10(2)14(8-7-13(12)16)21-11(3)17(19)20/h7-9,11H,4-6H2,1-3H3,(H,19,20)/t11-/m1/s1. The molecule has 0 aliphatic carbocycles. The SMILES string of the molecule is CCCCc1cc(=O)oc2c(C)c(O[C@H](C)C(=O)O)ccc12. The van der Waals surface area contributed by atoms with Gasteiger partial charge in [-0.3, -0.25) is 0 Å². The van der Waals surface area contributed by atoms with Gasteiger partial charge in [0.25, 0.3) is 0 Å². The first-order valence-corrected chi connectivity index (χ1v) is 7.39. The van der Waals surface area contributed by atoms with Crippen LogP contribution in [0.25, 0.3) is 11.0 Å². The van der Waals surface area contributed by atoms with Gasteiger partial charge < -0.3 is 14.3 Å². The molecule has 1 N–H and O–H groups in total. The lowest BCUT2D eigenvalue weighted by atomic mass is 10.0. The first-order valence-electron chi connectivity index (χ1n) is 7.39. The van der Waals surface area contributed by atoms with Crippen LogP contribution in [0.3, 0.4) is 0 Å². The van der Waals surface area contributed by atoms with E-state index in [-0.39, 0.29) is 0 Å². The molecule has 0 aliphatic heterocycles. The number of aryl methyl sites for hydroxylation is 2. The lowest BCUT2D eigenvalue weighted by molar-refractivity contribution is -0.144. The number of carboxylic acids is 1. The zero-order valence-electron chi connectivity index (χ0n) is 13.0. The summed E-state index contributed by atoms with van der Waals surface area (Å²) in [5.74, 6) is -0.629. The monoisotopic (exact) mass is 304 g/mol. The number of rotatable bonds is 6. The average molecular weight is 304 g/mol. The van der Waals surface area contributed by atoms with Crippen molar-refractivity contribution in [1.82, 2.24) is 0 Å². The Morgan fingerprint density at radius 3 is 2.77 bits per heavy atom. The van der Waals surface area contributed by atoms with Crippen LogP contribution >= 0.6 is 0 Å². The number of unbranched alkanes of at least 4 members (excludes halogenated alkanes) is 1. The number of carbonyl (C=O) groups is 1. The van der Waals surface area contributed by atoms with Crippen LogP contribution in [-0.4, -0.2) is 17.2 Å². The minimum absolute atomic E-state index is 0.398. The molecule has 2 rings (SSSR count). The van der Waals surface area contributed by atoms with Gasteiger partial charge in [-0.05, 0) is 44.4 Å². The van der Waals surface area contributed by atoms with Crippen molar-refractivity contribution in [2.45, 2.75) is 46.1 Å². The Morgan fingerprint density at radius 1 is 1.41 bits per heavy atom. The molecule has 0 amide bonds. The average Bonchev–Trinajstić information content (AvgIpc) is 2.47. The van der Waals surface area contributed by atoms with Gasteiger partial charge >= 0.3 is 11.6 Å². The van der Waals surface area contributed by atoms with Gasteiger partial charge in [-0.2, -0.15) is 0 Å². The number of benzene rings is 1. The molecule has 0 bridgehead atoms. The van der Waals surface area contributed by atoms with E-state index in [1.807, 2.05) is 6.07 Å². The largest absolute Gasteiger partial charge is 0.479 e. The summed E-state index contributed by atoms with van der Waals surface area (Å²) in [4.78, 5) is 22.7. The summed E-state index contributed by atoms with van der Waals surface area (Å²) in [6.45, 7) is 5.32. The third-order valence-electron chi connectivity index (χ3n) is 3.65. The van der Waals surface area contributed by atoms with Crippen molar-refractivity contribution in [2.24, 2.45) is 0 Å². The minimum Gasteiger partial charge on any atom is -0.479 e. The third-order valence-corrected chi connectivity index (χ3v) is 3.65. The van der Waals surface area contributed by atoms with Crippen molar-refractivity contribution in [1.29, 1.82) is 0 Å². The second kappa shape index (κ2) is 6.64. The van der Waals surface area contributed by atoms with E-state index in [9.17, 15) is 9.59 Å². The van der Waals surface area contributed by atoms with E-state index in [1.54, 1.807) is 13.0 Å². The quantitative estimate of drug-likeness (QED) is 0.829. The van der Waals surface area contributed by atoms with Crippen LogP contribution in [0.15, 0.2) is 27.4 Å². The molecule has 5 nitrogen and oxygen atoms in total. The van der Waals surface area contributed by atoms with Crippen LogP contribution in [0.2, 0.25) is 0 Å². The second-order valence-corrected chi connectivity index (χ2v) is 5.36. The van der Waals surface area contributed by atoms with E-state index < -0.39 is 17.7 Å². The van der Waals surface area contributed by atoms with E-state index in [2.05, 4.69) is 6.92 Å². The number of fused-ring (bicyclic) bond motifs is 1. The van der Waals surface area contributed by atoms with Crippen molar-refractivity contribution < 1.29 is 19.1 Å². The van der Waals surface area contributed by atoms with Gasteiger partial charge in [0.15, 0.2) is 6.10 Å². The van der Waals surface area contributed by atoms with Crippen molar-refractivity contribution in [2.75, 3.05) is 0 Å². The van der Waals surface area contributed by atoms with Gasteiger partial charge in [0.2, 0.25) is 0 Å². The Hall–Kier alpha value is -2.30. The highest BCUT2D eigenvalue weighted by molar-refractivity contribution is 5.85. The maximum atomic E-state index is 11.8. The smallest absolute Gasteiger partial charge is 0.344 e. The summed E-state index contributed by atoms with van der Waals surface area (Å²) in [7, 11) is 0. The van der Waals surface area contributed by atoms with Crippen LogP contribution < -0.4 is 10.4 Å². The second-order valence-electron chi connectivity index (χ2n) is 5.36. The van der Waals surface area contributed by atoms with Crippen molar-refractivity contribution >= 4 is 16.9 Å². The highest BCUT2D eigenvalue weighted by Crippen LogP contribution is 2.29. The molecular weight excluding hydrogens is 284 g/mol. The molecule has 0 spiro atoms. The maximum Gasteiger partial charge on any atom is 0.344 e. The third kappa shape index (κ3) is 3.30. The molecule has 1 aromatic heterocycles. The molecule has 0 unspecified atom stereocenters. The summed E-state index contributed by atoms with van der Waals surface area (Å²) in [5, 5.41) is 9.81. The van der Waals surface area contributed by atoms with E-state index in [1.165, 1.54) is 13.0 Å². The molecule has 1 aromatic carbocycles. The van der Waals surface area contributed by atoms with Crippen LogP contribution in [0.1, 0.15) is 37.8 Å². The summed E-state index contributed by atoms with van der Waals surface area (Å²) in [6.07, 6.45) is 1.87. The molecule has 1 heterocycles. The van der Waals surface area contributed by atoms with E-state index >= 15 is 0 Å².